The van der Waals surface area contributed by atoms with E-state index in [0.717, 1.165) is 11.5 Å². The number of aromatic carboxylic acids is 1. The average molecular weight is 341 g/mol. The highest BCUT2D eigenvalue weighted by Gasteiger charge is 2.26. The number of aromatic nitrogens is 3. The number of carbonyl (C=O) groups excluding carboxylic acids is 1. The van der Waals surface area contributed by atoms with Gasteiger partial charge in [0.15, 0.2) is 0 Å². The molecule has 0 radical (unpaired) electrons. The van der Waals surface area contributed by atoms with E-state index in [0.29, 0.717) is 37.3 Å². The Morgan fingerprint density at radius 2 is 1.64 bits per heavy atom. The van der Waals surface area contributed by atoms with E-state index in [2.05, 4.69) is 19.9 Å². The van der Waals surface area contributed by atoms with Crippen LogP contribution in [0, 0.1) is 13.8 Å². The van der Waals surface area contributed by atoms with Gasteiger partial charge in [-0.05, 0) is 19.4 Å². The summed E-state index contributed by atoms with van der Waals surface area (Å²) in [5.41, 5.74) is 1.69. The van der Waals surface area contributed by atoms with Gasteiger partial charge in [0.1, 0.15) is 5.82 Å². The molecule has 0 unspecified atom stereocenters. The molecule has 3 heterocycles. The Hall–Kier alpha value is -3.03. The zero-order valence-electron chi connectivity index (χ0n) is 14.1. The summed E-state index contributed by atoms with van der Waals surface area (Å²) in [4.78, 5) is 40.3. The Morgan fingerprint density at radius 1 is 1.00 bits per heavy atom. The predicted molar refractivity (Wildman–Crippen MR) is 90.8 cm³/mol. The lowest BCUT2D eigenvalue weighted by molar-refractivity contribution is 0.0695. The number of rotatable bonds is 3. The van der Waals surface area contributed by atoms with Gasteiger partial charge < -0.3 is 14.9 Å². The van der Waals surface area contributed by atoms with Crippen LogP contribution < -0.4 is 4.90 Å². The summed E-state index contributed by atoms with van der Waals surface area (Å²) in [6.07, 6.45) is 6.02. The van der Waals surface area contributed by atoms with E-state index in [1.54, 1.807) is 24.2 Å². The fourth-order valence-corrected chi connectivity index (χ4v) is 2.96. The molecule has 1 fully saturated rings. The van der Waals surface area contributed by atoms with Crippen LogP contribution in [0.15, 0.2) is 24.8 Å². The number of amides is 1. The van der Waals surface area contributed by atoms with E-state index in [1.165, 1.54) is 12.4 Å². The molecule has 1 aliphatic heterocycles. The highest BCUT2D eigenvalue weighted by molar-refractivity contribution is 5.99. The minimum absolute atomic E-state index is 0.0553. The van der Waals surface area contributed by atoms with Crippen molar-refractivity contribution in [1.29, 1.82) is 0 Å². The van der Waals surface area contributed by atoms with Crippen molar-refractivity contribution < 1.29 is 14.7 Å². The minimum atomic E-state index is -1.08. The molecule has 8 heteroatoms. The number of aryl methyl sites for hydroxylation is 1. The first-order valence-electron chi connectivity index (χ1n) is 7.98. The topological polar surface area (TPSA) is 99.5 Å². The number of hydrogen-bond donors (Lipinski definition) is 1. The number of carboxylic acids is 1. The molecular weight excluding hydrogens is 322 g/mol. The highest BCUT2D eigenvalue weighted by atomic mass is 16.4. The summed E-state index contributed by atoms with van der Waals surface area (Å²) in [5.74, 6) is -0.438. The van der Waals surface area contributed by atoms with Crippen LogP contribution in [0.1, 0.15) is 32.0 Å². The van der Waals surface area contributed by atoms with Crippen molar-refractivity contribution in [3.05, 3.63) is 47.2 Å². The van der Waals surface area contributed by atoms with Crippen LogP contribution in [-0.4, -0.2) is 63.0 Å². The van der Waals surface area contributed by atoms with Crippen LogP contribution in [0.4, 0.5) is 5.82 Å². The molecule has 0 aromatic carbocycles. The van der Waals surface area contributed by atoms with E-state index in [4.69, 9.17) is 0 Å². The molecule has 0 bridgehead atoms. The second kappa shape index (κ2) is 6.84. The van der Waals surface area contributed by atoms with Crippen LogP contribution in [0.5, 0.6) is 0 Å². The molecular formula is C17H19N5O3. The average Bonchev–Trinajstić information content (AvgIpc) is 2.62. The number of piperazine rings is 1. The summed E-state index contributed by atoms with van der Waals surface area (Å²) in [5, 5.41) is 9.18. The van der Waals surface area contributed by atoms with Crippen LogP contribution in [0.3, 0.4) is 0 Å². The molecule has 1 amide bonds. The number of hydrogen-bond acceptors (Lipinski definition) is 6. The second-order valence-electron chi connectivity index (χ2n) is 5.91. The number of carboxylic acid groups (broad SMARTS) is 1. The molecule has 0 saturated carbocycles. The summed E-state index contributed by atoms with van der Waals surface area (Å²) < 4.78 is 0. The fraction of sp³-hybridized carbons (Fsp3) is 0.353. The van der Waals surface area contributed by atoms with Crippen molar-refractivity contribution >= 4 is 17.7 Å². The zero-order valence-corrected chi connectivity index (χ0v) is 14.1. The SMILES string of the molecule is Cc1nccnc1N1CCN(C(=O)c2cncc(C(=O)O)c2C)CC1. The number of carbonyl (C=O) groups is 2. The number of pyridine rings is 1. The van der Waals surface area contributed by atoms with E-state index >= 15 is 0 Å². The van der Waals surface area contributed by atoms with Crippen molar-refractivity contribution in [2.75, 3.05) is 31.1 Å². The van der Waals surface area contributed by atoms with Crippen LogP contribution >= 0.6 is 0 Å². The van der Waals surface area contributed by atoms with E-state index < -0.39 is 5.97 Å². The van der Waals surface area contributed by atoms with Gasteiger partial charge in [0.25, 0.3) is 5.91 Å². The second-order valence-corrected chi connectivity index (χ2v) is 5.91. The van der Waals surface area contributed by atoms with Gasteiger partial charge in [-0.1, -0.05) is 0 Å². The van der Waals surface area contributed by atoms with Crippen molar-refractivity contribution in [2.45, 2.75) is 13.8 Å². The van der Waals surface area contributed by atoms with Crippen molar-refractivity contribution in [2.24, 2.45) is 0 Å². The van der Waals surface area contributed by atoms with Gasteiger partial charge in [-0.25, -0.2) is 9.78 Å². The maximum atomic E-state index is 12.8. The maximum absolute atomic E-state index is 12.8. The third-order valence-electron chi connectivity index (χ3n) is 4.40. The van der Waals surface area contributed by atoms with Crippen LogP contribution in [0.25, 0.3) is 0 Å². The largest absolute Gasteiger partial charge is 0.478 e. The number of anilines is 1. The van der Waals surface area contributed by atoms with Crippen LogP contribution in [0.2, 0.25) is 0 Å². The van der Waals surface area contributed by atoms with Gasteiger partial charge in [-0.3, -0.25) is 14.8 Å². The Morgan fingerprint density at radius 3 is 2.28 bits per heavy atom. The standard InChI is InChI=1S/C17H19N5O3/c1-11-13(9-18-10-14(11)17(24)25)16(23)22-7-5-21(6-8-22)15-12(2)19-3-4-20-15/h3-4,9-10H,5-8H2,1-2H3,(H,24,25). The molecule has 1 aliphatic rings. The zero-order chi connectivity index (χ0) is 18.0. The van der Waals surface area contributed by atoms with Gasteiger partial charge in [-0.2, -0.15) is 0 Å². The summed E-state index contributed by atoms with van der Waals surface area (Å²) in [6.45, 7) is 5.91. The molecule has 2 aromatic rings. The monoisotopic (exact) mass is 341 g/mol. The van der Waals surface area contributed by atoms with Crippen molar-refractivity contribution in [1.82, 2.24) is 19.9 Å². The molecule has 0 atom stereocenters. The first-order chi connectivity index (χ1) is 12.0. The Bertz CT molecular complexity index is 816. The van der Waals surface area contributed by atoms with E-state index in [9.17, 15) is 14.7 Å². The van der Waals surface area contributed by atoms with E-state index in [-0.39, 0.29) is 11.5 Å². The Balaban J connectivity index is 1.73. The number of nitrogens with zero attached hydrogens (tertiary/aromatic N) is 5. The fourth-order valence-electron chi connectivity index (χ4n) is 2.96. The van der Waals surface area contributed by atoms with Gasteiger partial charge in [0.2, 0.25) is 0 Å². The molecule has 25 heavy (non-hydrogen) atoms. The van der Waals surface area contributed by atoms with Gasteiger partial charge in [0.05, 0.1) is 16.8 Å². The molecule has 130 valence electrons. The predicted octanol–water partition coefficient (Wildman–Crippen LogP) is 1.15. The van der Waals surface area contributed by atoms with Gasteiger partial charge in [0, 0.05) is 51.0 Å². The third kappa shape index (κ3) is 3.28. The lowest BCUT2D eigenvalue weighted by atomic mass is 10.0. The molecule has 8 nitrogen and oxygen atoms in total. The minimum Gasteiger partial charge on any atom is -0.478 e. The van der Waals surface area contributed by atoms with Crippen LogP contribution in [-0.2, 0) is 0 Å². The maximum Gasteiger partial charge on any atom is 0.337 e. The third-order valence-corrected chi connectivity index (χ3v) is 4.40. The summed E-state index contributed by atoms with van der Waals surface area (Å²) in [6, 6.07) is 0. The molecule has 3 rings (SSSR count). The van der Waals surface area contributed by atoms with Crippen molar-refractivity contribution in [3.63, 3.8) is 0 Å². The highest BCUT2D eigenvalue weighted by Crippen LogP contribution is 2.19. The van der Waals surface area contributed by atoms with E-state index in [1.807, 2.05) is 6.92 Å². The first kappa shape index (κ1) is 16.8. The van der Waals surface area contributed by atoms with Gasteiger partial charge >= 0.3 is 5.97 Å². The smallest absolute Gasteiger partial charge is 0.337 e. The van der Waals surface area contributed by atoms with Gasteiger partial charge in [-0.15, -0.1) is 0 Å². The molecule has 1 saturated heterocycles. The molecule has 0 aliphatic carbocycles. The van der Waals surface area contributed by atoms with Crippen molar-refractivity contribution in [3.8, 4) is 0 Å². The summed E-state index contributed by atoms with van der Waals surface area (Å²) in [7, 11) is 0. The Kier molecular flexibility index (Phi) is 4.60. The lowest BCUT2D eigenvalue weighted by Gasteiger charge is -2.36. The first-order valence-corrected chi connectivity index (χ1v) is 7.98. The Labute approximate surface area is 145 Å². The normalized spacial score (nSPS) is 14.5. The molecule has 0 spiro atoms. The lowest BCUT2D eigenvalue weighted by Crippen LogP contribution is -2.49. The quantitative estimate of drug-likeness (QED) is 0.894. The molecule has 1 N–H and O–H groups in total. The summed E-state index contributed by atoms with van der Waals surface area (Å²) >= 11 is 0. The molecule has 2 aromatic heterocycles.